The predicted molar refractivity (Wildman–Crippen MR) is 72.1 cm³/mol. The largest absolute Gasteiger partial charge is 0.365 e. The summed E-state index contributed by atoms with van der Waals surface area (Å²) < 4.78 is 0. The average Bonchev–Trinajstić information content (AvgIpc) is 2.97. The van der Waals surface area contributed by atoms with Crippen LogP contribution in [0.2, 0.25) is 0 Å². The SMILES string of the molecule is O=[N+]([O-])c1ccc2ncnc(NCc3cn[nH]c3)c2c1. The molecule has 8 heteroatoms. The van der Waals surface area contributed by atoms with Crippen LogP contribution in [0.3, 0.4) is 0 Å². The van der Waals surface area contributed by atoms with Gasteiger partial charge in [-0.2, -0.15) is 5.10 Å². The first kappa shape index (κ1) is 12.0. The van der Waals surface area contributed by atoms with Crippen molar-refractivity contribution >= 4 is 22.4 Å². The Bertz CT molecular complexity index is 756. The zero-order valence-electron chi connectivity index (χ0n) is 10.3. The number of fused-ring (bicyclic) bond motifs is 1. The van der Waals surface area contributed by atoms with Crippen molar-refractivity contribution in [3.8, 4) is 0 Å². The van der Waals surface area contributed by atoms with Gasteiger partial charge in [0.15, 0.2) is 0 Å². The number of H-pyrrole nitrogens is 1. The molecule has 0 saturated carbocycles. The molecule has 0 atom stereocenters. The van der Waals surface area contributed by atoms with E-state index in [0.29, 0.717) is 23.3 Å². The first-order valence-corrected chi connectivity index (χ1v) is 5.85. The number of nitro groups is 1. The molecule has 0 amide bonds. The Balaban J connectivity index is 1.96. The number of nitrogens with one attached hydrogen (secondary N) is 2. The topological polar surface area (TPSA) is 110 Å². The lowest BCUT2D eigenvalue weighted by Crippen LogP contribution is -2.02. The lowest BCUT2D eigenvalue weighted by Gasteiger charge is -2.06. The van der Waals surface area contributed by atoms with Crippen molar-refractivity contribution in [1.29, 1.82) is 0 Å². The van der Waals surface area contributed by atoms with Crippen molar-refractivity contribution in [2.75, 3.05) is 5.32 Å². The van der Waals surface area contributed by atoms with Crippen LogP contribution in [0.1, 0.15) is 5.56 Å². The Hall–Kier alpha value is -3.03. The molecule has 0 saturated heterocycles. The molecule has 1 aromatic carbocycles. The maximum atomic E-state index is 10.8. The fourth-order valence-corrected chi connectivity index (χ4v) is 1.86. The molecule has 0 radical (unpaired) electrons. The van der Waals surface area contributed by atoms with Crippen LogP contribution in [0.15, 0.2) is 36.9 Å². The predicted octanol–water partition coefficient (Wildman–Crippen LogP) is 1.87. The monoisotopic (exact) mass is 270 g/mol. The summed E-state index contributed by atoms with van der Waals surface area (Å²) in [4.78, 5) is 18.6. The normalized spacial score (nSPS) is 10.6. The minimum absolute atomic E-state index is 0.0126. The Morgan fingerprint density at radius 3 is 3.00 bits per heavy atom. The summed E-state index contributed by atoms with van der Waals surface area (Å²) in [5, 5.41) is 21.1. The lowest BCUT2D eigenvalue weighted by atomic mass is 10.2. The zero-order valence-corrected chi connectivity index (χ0v) is 10.3. The van der Waals surface area contributed by atoms with Crippen LogP contribution in [0.4, 0.5) is 11.5 Å². The smallest absolute Gasteiger partial charge is 0.270 e. The van der Waals surface area contributed by atoms with Gasteiger partial charge in [0.2, 0.25) is 0 Å². The van der Waals surface area contributed by atoms with Crippen LogP contribution in [0.5, 0.6) is 0 Å². The summed E-state index contributed by atoms with van der Waals surface area (Å²) in [6, 6.07) is 4.50. The van der Waals surface area contributed by atoms with E-state index in [0.717, 1.165) is 5.56 Å². The van der Waals surface area contributed by atoms with Gasteiger partial charge in [0.25, 0.3) is 5.69 Å². The van der Waals surface area contributed by atoms with E-state index in [2.05, 4.69) is 25.5 Å². The van der Waals surface area contributed by atoms with Gasteiger partial charge in [-0.05, 0) is 6.07 Å². The fourth-order valence-electron chi connectivity index (χ4n) is 1.86. The number of anilines is 1. The highest BCUT2D eigenvalue weighted by atomic mass is 16.6. The summed E-state index contributed by atoms with van der Waals surface area (Å²) in [5.74, 6) is 0.555. The number of nitro benzene ring substituents is 1. The number of hydrogen-bond donors (Lipinski definition) is 2. The second-order valence-electron chi connectivity index (χ2n) is 4.14. The zero-order chi connectivity index (χ0) is 13.9. The molecule has 2 aromatic heterocycles. The maximum absolute atomic E-state index is 10.8. The highest BCUT2D eigenvalue weighted by Gasteiger charge is 2.10. The Kier molecular flexibility index (Phi) is 2.96. The van der Waals surface area contributed by atoms with E-state index in [1.807, 2.05) is 0 Å². The second kappa shape index (κ2) is 4.92. The first-order valence-electron chi connectivity index (χ1n) is 5.85. The molecule has 0 spiro atoms. The molecule has 0 fully saturated rings. The average molecular weight is 270 g/mol. The number of nitrogens with zero attached hydrogens (tertiary/aromatic N) is 4. The van der Waals surface area contributed by atoms with E-state index in [4.69, 9.17) is 0 Å². The van der Waals surface area contributed by atoms with Crippen molar-refractivity contribution in [3.05, 3.63) is 52.6 Å². The van der Waals surface area contributed by atoms with Gasteiger partial charge >= 0.3 is 0 Å². The second-order valence-corrected chi connectivity index (χ2v) is 4.14. The van der Waals surface area contributed by atoms with Crippen LogP contribution in [0, 0.1) is 10.1 Å². The van der Waals surface area contributed by atoms with Crippen molar-refractivity contribution in [2.45, 2.75) is 6.54 Å². The van der Waals surface area contributed by atoms with Crippen LogP contribution in [-0.2, 0) is 6.54 Å². The summed E-state index contributed by atoms with van der Waals surface area (Å²) in [5.41, 5.74) is 1.63. The van der Waals surface area contributed by atoms with Gasteiger partial charge in [-0.1, -0.05) is 0 Å². The van der Waals surface area contributed by atoms with Crippen LogP contribution in [0.25, 0.3) is 10.9 Å². The molecule has 2 N–H and O–H groups in total. The van der Waals surface area contributed by atoms with Gasteiger partial charge in [0.1, 0.15) is 12.1 Å². The van der Waals surface area contributed by atoms with E-state index < -0.39 is 4.92 Å². The number of benzene rings is 1. The molecule has 0 aliphatic carbocycles. The number of aromatic nitrogens is 4. The highest BCUT2D eigenvalue weighted by Crippen LogP contribution is 2.24. The molecule has 100 valence electrons. The molecular formula is C12H10N6O2. The third-order valence-electron chi connectivity index (χ3n) is 2.84. The number of rotatable bonds is 4. The molecular weight excluding hydrogens is 260 g/mol. The summed E-state index contributed by atoms with van der Waals surface area (Å²) in [6.45, 7) is 0.519. The standard InChI is InChI=1S/C12H10N6O2/c19-18(20)9-1-2-11-10(3-9)12(15-7-14-11)13-4-8-5-16-17-6-8/h1-3,5-7H,4H2,(H,16,17)(H,13,14,15). The molecule has 3 aromatic rings. The van der Waals surface area contributed by atoms with Crippen molar-refractivity contribution in [2.24, 2.45) is 0 Å². The van der Waals surface area contributed by atoms with Gasteiger partial charge in [-0.3, -0.25) is 15.2 Å². The first-order chi connectivity index (χ1) is 9.74. The fraction of sp³-hybridized carbons (Fsp3) is 0.0833. The summed E-state index contributed by atoms with van der Waals surface area (Å²) in [7, 11) is 0. The van der Waals surface area contributed by atoms with Crippen LogP contribution >= 0.6 is 0 Å². The quantitative estimate of drug-likeness (QED) is 0.553. The van der Waals surface area contributed by atoms with Gasteiger partial charge in [-0.25, -0.2) is 9.97 Å². The maximum Gasteiger partial charge on any atom is 0.270 e. The van der Waals surface area contributed by atoms with E-state index in [-0.39, 0.29) is 5.69 Å². The third-order valence-corrected chi connectivity index (χ3v) is 2.84. The van der Waals surface area contributed by atoms with Gasteiger partial charge < -0.3 is 5.32 Å². The molecule has 0 aliphatic heterocycles. The van der Waals surface area contributed by atoms with Gasteiger partial charge in [0.05, 0.1) is 16.6 Å². The van der Waals surface area contributed by atoms with Crippen LogP contribution in [-0.4, -0.2) is 25.1 Å². The molecule has 0 unspecified atom stereocenters. The number of aromatic amines is 1. The number of non-ortho nitro benzene ring substituents is 1. The molecule has 8 nitrogen and oxygen atoms in total. The van der Waals surface area contributed by atoms with E-state index in [9.17, 15) is 10.1 Å². The van der Waals surface area contributed by atoms with E-state index >= 15 is 0 Å². The number of hydrogen-bond acceptors (Lipinski definition) is 6. The minimum atomic E-state index is -0.438. The van der Waals surface area contributed by atoms with Gasteiger partial charge in [0, 0.05) is 35.8 Å². The Morgan fingerprint density at radius 1 is 1.35 bits per heavy atom. The Morgan fingerprint density at radius 2 is 2.25 bits per heavy atom. The van der Waals surface area contributed by atoms with Crippen LogP contribution < -0.4 is 5.32 Å². The third kappa shape index (κ3) is 2.26. The van der Waals surface area contributed by atoms with Gasteiger partial charge in [-0.15, -0.1) is 0 Å². The summed E-state index contributed by atoms with van der Waals surface area (Å²) >= 11 is 0. The molecule has 20 heavy (non-hydrogen) atoms. The van der Waals surface area contributed by atoms with E-state index in [1.54, 1.807) is 18.5 Å². The highest BCUT2D eigenvalue weighted by molar-refractivity contribution is 5.90. The lowest BCUT2D eigenvalue weighted by molar-refractivity contribution is -0.384. The van der Waals surface area contributed by atoms with Crippen molar-refractivity contribution in [3.63, 3.8) is 0 Å². The molecule has 2 heterocycles. The summed E-state index contributed by atoms with van der Waals surface area (Å²) in [6.07, 6.45) is 4.88. The van der Waals surface area contributed by atoms with Crippen molar-refractivity contribution in [1.82, 2.24) is 20.2 Å². The molecule has 0 bridgehead atoms. The Labute approximate surface area is 113 Å². The van der Waals surface area contributed by atoms with Crippen molar-refractivity contribution < 1.29 is 4.92 Å². The molecule has 3 rings (SSSR count). The minimum Gasteiger partial charge on any atom is -0.365 e. The van der Waals surface area contributed by atoms with E-state index in [1.165, 1.54) is 18.5 Å². The molecule has 0 aliphatic rings.